The normalized spacial score (nSPS) is 17.5. The number of nitrogens with one attached hydrogen (secondary N) is 1. The Balaban J connectivity index is 2.22. The van der Waals surface area contributed by atoms with E-state index in [0.29, 0.717) is 6.04 Å². The summed E-state index contributed by atoms with van der Waals surface area (Å²) in [6.07, 6.45) is 7.94. The van der Waals surface area contributed by atoms with Crippen LogP contribution in [-0.2, 0) is 0 Å². The minimum atomic E-state index is 0.435. The topological polar surface area (TPSA) is 30.5 Å². The summed E-state index contributed by atoms with van der Waals surface area (Å²) < 4.78 is 10.8. The lowest BCUT2D eigenvalue weighted by Crippen LogP contribution is -2.30. The summed E-state index contributed by atoms with van der Waals surface area (Å²) in [5.41, 5.74) is 1.33. The van der Waals surface area contributed by atoms with Gasteiger partial charge in [-0.25, -0.2) is 0 Å². The lowest BCUT2D eigenvalue weighted by atomic mass is 9.81. The first-order valence-electron chi connectivity index (χ1n) is 8.25. The summed E-state index contributed by atoms with van der Waals surface area (Å²) >= 11 is 0. The summed E-state index contributed by atoms with van der Waals surface area (Å²) in [6.45, 7) is 3.29. The smallest absolute Gasteiger partial charge is 0.161 e. The fourth-order valence-electron chi connectivity index (χ4n) is 3.37. The van der Waals surface area contributed by atoms with Crippen LogP contribution < -0.4 is 14.8 Å². The molecule has 1 aromatic rings. The Morgan fingerprint density at radius 1 is 1.10 bits per heavy atom. The molecule has 1 saturated carbocycles. The van der Waals surface area contributed by atoms with Crippen LogP contribution in [0.5, 0.6) is 11.5 Å². The molecule has 3 nitrogen and oxygen atoms in total. The second-order valence-electron chi connectivity index (χ2n) is 5.94. The molecular weight excluding hydrogens is 262 g/mol. The number of rotatable bonds is 7. The molecule has 0 spiro atoms. The van der Waals surface area contributed by atoms with Crippen molar-refractivity contribution >= 4 is 0 Å². The van der Waals surface area contributed by atoms with Crippen molar-refractivity contribution in [2.45, 2.75) is 51.5 Å². The Hall–Kier alpha value is -1.22. The maximum atomic E-state index is 5.47. The van der Waals surface area contributed by atoms with Crippen molar-refractivity contribution in [2.24, 2.45) is 5.92 Å². The first-order valence-corrected chi connectivity index (χ1v) is 8.25. The Labute approximate surface area is 129 Å². The van der Waals surface area contributed by atoms with E-state index in [1.165, 1.54) is 37.7 Å². The van der Waals surface area contributed by atoms with E-state index in [9.17, 15) is 0 Å². The van der Waals surface area contributed by atoms with Crippen LogP contribution in [0, 0.1) is 5.92 Å². The van der Waals surface area contributed by atoms with Crippen molar-refractivity contribution < 1.29 is 9.47 Å². The van der Waals surface area contributed by atoms with Gasteiger partial charge in [0.1, 0.15) is 0 Å². The highest BCUT2D eigenvalue weighted by atomic mass is 16.5. The average molecular weight is 291 g/mol. The molecule has 1 fully saturated rings. The van der Waals surface area contributed by atoms with Crippen LogP contribution in [0.3, 0.4) is 0 Å². The van der Waals surface area contributed by atoms with Gasteiger partial charge in [-0.05, 0) is 49.4 Å². The van der Waals surface area contributed by atoms with E-state index in [2.05, 4.69) is 24.4 Å². The predicted molar refractivity (Wildman–Crippen MR) is 87.2 cm³/mol. The van der Waals surface area contributed by atoms with Crippen molar-refractivity contribution in [1.29, 1.82) is 0 Å². The van der Waals surface area contributed by atoms with Crippen LogP contribution >= 0.6 is 0 Å². The molecular formula is C18H29NO2. The van der Waals surface area contributed by atoms with E-state index in [1.54, 1.807) is 14.2 Å². The van der Waals surface area contributed by atoms with E-state index in [0.717, 1.165) is 30.4 Å². The van der Waals surface area contributed by atoms with E-state index >= 15 is 0 Å². The summed E-state index contributed by atoms with van der Waals surface area (Å²) in [5.74, 6) is 2.37. The number of methoxy groups -OCH3 is 2. The molecule has 118 valence electrons. The van der Waals surface area contributed by atoms with Gasteiger partial charge in [0, 0.05) is 6.04 Å². The van der Waals surface area contributed by atoms with Gasteiger partial charge in [0.05, 0.1) is 14.2 Å². The van der Waals surface area contributed by atoms with Gasteiger partial charge in [0.25, 0.3) is 0 Å². The minimum Gasteiger partial charge on any atom is -0.493 e. The number of hydrogen-bond acceptors (Lipinski definition) is 3. The van der Waals surface area contributed by atoms with Crippen LogP contribution in [-0.4, -0.2) is 20.8 Å². The second-order valence-corrected chi connectivity index (χ2v) is 5.94. The fourth-order valence-corrected chi connectivity index (χ4v) is 3.37. The third kappa shape index (κ3) is 4.13. The van der Waals surface area contributed by atoms with E-state index in [-0.39, 0.29) is 0 Å². The molecule has 1 aliphatic rings. The molecule has 0 saturated heterocycles. The summed E-state index contributed by atoms with van der Waals surface area (Å²) in [6, 6.07) is 6.78. The van der Waals surface area contributed by atoms with Crippen molar-refractivity contribution in [3.63, 3.8) is 0 Å². The quantitative estimate of drug-likeness (QED) is 0.811. The van der Waals surface area contributed by atoms with Crippen molar-refractivity contribution in [2.75, 3.05) is 20.8 Å². The monoisotopic (exact) mass is 291 g/mol. The van der Waals surface area contributed by atoms with Gasteiger partial charge in [-0.3, -0.25) is 0 Å². The average Bonchev–Trinajstić information content (AvgIpc) is 2.56. The van der Waals surface area contributed by atoms with E-state index < -0.39 is 0 Å². The molecule has 3 heteroatoms. The molecule has 0 aliphatic heterocycles. The predicted octanol–water partition coefficient (Wildman–Crippen LogP) is 4.32. The molecule has 0 radical (unpaired) electrons. The largest absolute Gasteiger partial charge is 0.493 e. The van der Waals surface area contributed by atoms with Crippen LogP contribution in [0.1, 0.15) is 57.1 Å². The van der Waals surface area contributed by atoms with Gasteiger partial charge < -0.3 is 14.8 Å². The highest BCUT2D eigenvalue weighted by Gasteiger charge is 2.25. The maximum absolute atomic E-state index is 5.47. The number of hydrogen-bond donors (Lipinski definition) is 1. The Kier molecular flexibility index (Phi) is 6.37. The zero-order valence-electron chi connectivity index (χ0n) is 13.7. The third-order valence-corrected chi connectivity index (χ3v) is 4.50. The molecule has 21 heavy (non-hydrogen) atoms. The Morgan fingerprint density at radius 3 is 2.43 bits per heavy atom. The van der Waals surface area contributed by atoms with Crippen molar-refractivity contribution in [3.05, 3.63) is 23.8 Å². The Bertz CT molecular complexity index is 427. The first kappa shape index (κ1) is 16.2. The van der Waals surface area contributed by atoms with E-state index in [4.69, 9.17) is 9.47 Å². The lowest BCUT2D eigenvalue weighted by molar-refractivity contribution is 0.271. The standard InChI is InChI=1S/C18H29NO2/c1-4-12-19-18(14-8-6-5-7-9-14)15-10-11-16(20-2)17(13-15)21-3/h10-11,13-14,18-19H,4-9,12H2,1-3H3. The zero-order valence-corrected chi connectivity index (χ0v) is 13.7. The summed E-state index contributed by atoms with van der Waals surface area (Å²) in [5, 5.41) is 3.75. The van der Waals surface area contributed by atoms with E-state index in [1.807, 2.05) is 6.07 Å². The molecule has 1 aromatic carbocycles. The summed E-state index contributed by atoms with van der Waals surface area (Å²) in [7, 11) is 3.39. The zero-order chi connectivity index (χ0) is 15.1. The highest BCUT2D eigenvalue weighted by Crippen LogP contribution is 2.37. The van der Waals surface area contributed by atoms with Crippen molar-refractivity contribution in [1.82, 2.24) is 5.32 Å². The van der Waals surface area contributed by atoms with Gasteiger partial charge in [-0.15, -0.1) is 0 Å². The molecule has 2 rings (SSSR count). The Morgan fingerprint density at radius 2 is 1.81 bits per heavy atom. The van der Waals surface area contributed by atoms with Crippen molar-refractivity contribution in [3.8, 4) is 11.5 Å². The van der Waals surface area contributed by atoms with Gasteiger partial charge >= 0.3 is 0 Å². The molecule has 1 aliphatic carbocycles. The molecule has 0 aromatic heterocycles. The fraction of sp³-hybridized carbons (Fsp3) is 0.667. The van der Waals surface area contributed by atoms with Gasteiger partial charge in [0.2, 0.25) is 0 Å². The SMILES string of the molecule is CCCNC(c1ccc(OC)c(OC)c1)C1CCCCC1. The summed E-state index contributed by atoms with van der Waals surface area (Å²) in [4.78, 5) is 0. The van der Waals surface area contributed by atoms with Crippen LogP contribution in [0.15, 0.2) is 18.2 Å². The lowest BCUT2D eigenvalue weighted by Gasteiger charge is -2.32. The van der Waals surface area contributed by atoms with Crippen LogP contribution in [0.4, 0.5) is 0 Å². The number of benzene rings is 1. The van der Waals surface area contributed by atoms with Gasteiger partial charge in [0.15, 0.2) is 11.5 Å². The van der Waals surface area contributed by atoms with Crippen LogP contribution in [0.2, 0.25) is 0 Å². The second kappa shape index (κ2) is 8.28. The third-order valence-electron chi connectivity index (χ3n) is 4.50. The molecule has 0 amide bonds. The maximum Gasteiger partial charge on any atom is 0.161 e. The van der Waals surface area contributed by atoms with Gasteiger partial charge in [-0.1, -0.05) is 32.3 Å². The molecule has 1 atom stereocenters. The number of ether oxygens (including phenoxy) is 2. The first-order chi connectivity index (χ1) is 10.3. The molecule has 1 unspecified atom stereocenters. The molecule has 0 bridgehead atoms. The molecule has 0 heterocycles. The minimum absolute atomic E-state index is 0.435. The van der Waals surface area contributed by atoms with Crippen LogP contribution in [0.25, 0.3) is 0 Å². The highest BCUT2D eigenvalue weighted by molar-refractivity contribution is 5.44. The van der Waals surface area contributed by atoms with Gasteiger partial charge in [-0.2, -0.15) is 0 Å². The molecule has 1 N–H and O–H groups in total.